The highest BCUT2D eigenvalue weighted by Crippen LogP contribution is 2.34. The second-order valence-corrected chi connectivity index (χ2v) is 6.30. The monoisotopic (exact) mass is 281 g/mol. The Bertz CT molecular complexity index is 351. The van der Waals surface area contributed by atoms with Crippen molar-refractivity contribution in [3.8, 4) is 0 Å². The van der Waals surface area contributed by atoms with Crippen LogP contribution < -0.4 is 5.32 Å². The van der Waals surface area contributed by atoms with Crippen LogP contribution in [0.3, 0.4) is 0 Å². The van der Waals surface area contributed by atoms with Gasteiger partial charge in [0.1, 0.15) is 0 Å². The molecular formula is C15H27N3O2. The highest BCUT2D eigenvalue weighted by atomic mass is 16.2. The van der Waals surface area contributed by atoms with E-state index >= 15 is 0 Å². The first-order chi connectivity index (χ1) is 9.58. The SMILES string of the molecule is CN(C)C(CNC(=O)CN1CCCCCC1=O)C1CC1. The van der Waals surface area contributed by atoms with Crippen molar-refractivity contribution in [1.29, 1.82) is 0 Å². The minimum Gasteiger partial charge on any atom is -0.353 e. The van der Waals surface area contributed by atoms with Crippen molar-refractivity contribution in [3.05, 3.63) is 0 Å². The third kappa shape index (κ3) is 4.47. The van der Waals surface area contributed by atoms with Gasteiger partial charge in [0.05, 0.1) is 6.54 Å². The number of hydrogen-bond donors (Lipinski definition) is 1. The van der Waals surface area contributed by atoms with Crippen LogP contribution >= 0.6 is 0 Å². The maximum Gasteiger partial charge on any atom is 0.239 e. The molecule has 20 heavy (non-hydrogen) atoms. The molecule has 1 aliphatic carbocycles. The fraction of sp³-hybridized carbons (Fsp3) is 0.867. The van der Waals surface area contributed by atoms with E-state index in [1.54, 1.807) is 4.90 Å². The summed E-state index contributed by atoms with van der Waals surface area (Å²) in [7, 11) is 4.13. The van der Waals surface area contributed by atoms with Crippen molar-refractivity contribution in [1.82, 2.24) is 15.1 Å². The van der Waals surface area contributed by atoms with E-state index in [4.69, 9.17) is 0 Å². The lowest BCUT2D eigenvalue weighted by molar-refractivity contribution is -0.135. The smallest absolute Gasteiger partial charge is 0.239 e. The molecule has 0 radical (unpaired) electrons. The van der Waals surface area contributed by atoms with Crippen molar-refractivity contribution in [2.75, 3.05) is 33.7 Å². The van der Waals surface area contributed by atoms with Crippen LogP contribution in [0, 0.1) is 5.92 Å². The Balaban J connectivity index is 1.75. The first kappa shape index (κ1) is 15.3. The van der Waals surface area contributed by atoms with Crippen LogP contribution in [0.1, 0.15) is 38.5 Å². The molecule has 2 aliphatic rings. The van der Waals surface area contributed by atoms with Crippen LogP contribution in [0.25, 0.3) is 0 Å². The predicted octanol–water partition coefficient (Wildman–Crippen LogP) is 0.845. The fourth-order valence-corrected chi connectivity index (χ4v) is 2.91. The molecule has 0 aromatic heterocycles. The molecule has 1 aliphatic heterocycles. The first-order valence-corrected chi connectivity index (χ1v) is 7.79. The number of likely N-dealkylation sites (N-methyl/N-ethyl adjacent to an activating group) is 1. The number of rotatable bonds is 6. The van der Waals surface area contributed by atoms with E-state index in [0.717, 1.165) is 31.7 Å². The molecule has 0 spiro atoms. The summed E-state index contributed by atoms with van der Waals surface area (Å²) in [6.07, 6.45) is 6.19. The lowest BCUT2D eigenvalue weighted by atomic mass is 10.1. The molecule has 2 rings (SSSR count). The molecule has 1 atom stereocenters. The highest BCUT2D eigenvalue weighted by Gasteiger charge is 2.32. The Kier molecular flexibility index (Phi) is 5.40. The molecule has 1 saturated heterocycles. The van der Waals surface area contributed by atoms with E-state index in [9.17, 15) is 9.59 Å². The number of likely N-dealkylation sites (tertiary alicyclic amines) is 1. The van der Waals surface area contributed by atoms with Gasteiger partial charge in [-0.3, -0.25) is 9.59 Å². The van der Waals surface area contributed by atoms with Crippen LogP contribution in [-0.2, 0) is 9.59 Å². The quantitative estimate of drug-likeness (QED) is 0.785. The zero-order valence-corrected chi connectivity index (χ0v) is 12.7. The summed E-state index contributed by atoms with van der Waals surface area (Å²) < 4.78 is 0. The Hall–Kier alpha value is -1.10. The molecule has 0 aromatic rings. The van der Waals surface area contributed by atoms with Gasteiger partial charge in [-0.25, -0.2) is 0 Å². The summed E-state index contributed by atoms with van der Waals surface area (Å²) in [4.78, 5) is 27.8. The first-order valence-electron chi connectivity index (χ1n) is 7.79. The molecule has 1 saturated carbocycles. The number of carbonyl (C=O) groups excluding carboxylic acids is 2. The predicted molar refractivity (Wildman–Crippen MR) is 78.3 cm³/mol. The van der Waals surface area contributed by atoms with Crippen molar-refractivity contribution in [2.24, 2.45) is 5.92 Å². The largest absolute Gasteiger partial charge is 0.353 e. The molecule has 2 fully saturated rings. The summed E-state index contributed by atoms with van der Waals surface area (Å²) >= 11 is 0. The average molecular weight is 281 g/mol. The lowest BCUT2D eigenvalue weighted by Gasteiger charge is -2.25. The van der Waals surface area contributed by atoms with Gasteiger partial charge in [0.2, 0.25) is 11.8 Å². The number of hydrogen-bond acceptors (Lipinski definition) is 3. The van der Waals surface area contributed by atoms with Gasteiger partial charge >= 0.3 is 0 Å². The maximum atomic E-state index is 12.0. The number of carbonyl (C=O) groups is 2. The molecule has 2 amide bonds. The van der Waals surface area contributed by atoms with Gasteiger partial charge < -0.3 is 15.1 Å². The standard InChI is InChI=1S/C15H27N3O2/c1-17(2)13(12-7-8-12)10-16-14(19)11-18-9-5-3-4-6-15(18)20/h12-13H,3-11H2,1-2H3,(H,16,19). The molecule has 1 heterocycles. The third-order valence-corrected chi connectivity index (χ3v) is 4.34. The lowest BCUT2D eigenvalue weighted by Crippen LogP contribution is -2.46. The van der Waals surface area contributed by atoms with E-state index in [1.807, 2.05) is 0 Å². The normalized spacial score (nSPS) is 21.8. The zero-order valence-electron chi connectivity index (χ0n) is 12.7. The van der Waals surface area contributed by atoms with E-state index in [2.05, 4.69) is 24.3 Å². The second kappa shape index (κ2) is 7.07. The van der Waals surface area contributed by atoms with Crippen molar-refractivity contribution < 1.29 is 9.59 Å². The minimum atomic E-state index is -0.0206. The van der Waals surface area contributed by atoms with E-state index < -0.39 is 0 Å². The van der Waals surface area contributed by atoms with Gasteiger partial charge in [0.25, 0.3) is 0 Å². The van der Waals surface area contributed by atoms with Crippen molar-refractivity contribution in [2.45, 2.75) is 44.6 Å². The van der Waals surface area contributed by atoms with Gasteiger partial charge in [-0.15, -0.1) is 0 Å². The Morgan fingerprint density at radius 3 is 2.75 bits per heavy atom. The number of nitrogens with one attached hydrogen (secondary N) is 1. The number of amides is 2. The van der Waals surface area contributed by atoms with Gasteiger partial charge in [0.15, 0.2) is 0 Å². The number of nitrogens with zero attached hydrogens (tertiary/aromatic N) is 2. The summed E-state index contributed by atoms with van der Waals surface area (Å²) in [5.41, 5.74) is 0. The molecule has 114 valence electrons. The molecular weight excluding hydrogens is 254 g/mol. The minimum absolute atomic E-state index is 0.0206. The molecule has 1 N–H and O–H groups in total. The van der Waals surface area contributed by atoms with Crippen LogP contribution in [-0.4, -0.2) is 61.4 Å². The maximum absolute atomic E-state index is 12.0. The summed E-state index contributed by atoms with van der Waals surface area (Å²) in [5, 5.41) is 3.00. The van der Waals surface area contributed by atoms with Crippen molar-refractivity contribution >= 4 is 11.8 Å². The van der Waals surface area contributed by atoms with Crippen LogP contribution in [0.2, 0.25) is 0 Å². The molecule has 1 unspecified atom stereocenters. The van der Waals surface area contributed by atoms with Crippen molar-refractivity contribution in [3.63, 3.8) is 0 Å². The summed E-state index contributed by atoms with van der Waals surface area (Å²) in [6, 6.07) is 0.429. The Labute approximate surface area is 121 Å². The second-order valence-electron chi connectivity index (χ2n) is 6.30. The molecule has 0 bridgehead atoms. The summed E-state index contributed by atoms with van der Waals surface area (Å²) in [5.74, 6) is 0.835. The zero-order chi connectivity index (χ0) is 14.5. The highest BCUT2D eigenvalue weighted by molar-refractivity contribution is 5.84. The fourth-order valence-electron chi connectivity index (χ4n) is 2.91. The Morgan fingerprint density at radius 1 is 1.35 bits per heavy atom. The third-order valence-electron chi connectivity index (χ3n) is 4.34. The summed E-state index contributed by atoms with van der Waals surface area (Å²) in [6.45, 7) is 1.65. The average Bonchev–Trinajstić information content (AvgIpc) is 3.20. The van der Waals surface area contributed by atoms with Gasteiger partial charge in [-0.1, -0.05) is 6.42 Å². The van der Waals surface area contributed by atoms with Gasteiger partial charge in [-0.2, -0.15) is 0 Å². The van der Waals surface area contributed by atoms with Crippen LogP contribution in [0.5, 0.6) is 0 Å². The molecule has 0 aromatic carbocycles. The van der Waals surface area contributed by atoms with Crippen LogP contribution in [0.15, 0.2) is 0 Å². The van der Waals surface area contributed by atoms with E-state index in [-0.39, 0.29) is 18.4 Å². The van der Waals surface area contributed by atoms with Crippen LogP contribution in [0.4, 0.5) is 0 Å². The topological polar surface area (TPSA) is 52.7 Å². The molecule has 5 nitrogen and oxygen atoms in total. The molecule has 5 heteroatoms. The van der Waals surface area contributed by atoms with Gasteiger partial charge in [0, 0.05) is 25.6 Å². The van der Waals surface area contributed by atoms with E-state index in [1.165, 1.54) is 12.8 Å². The Morgan fingerprint density at radius 2 is 2.10 bits per heavy atom. The van der Waals surface area contributed by atoms with E-state index in [0.29, 0.717) is 19.0 Å². The van der Waals surface area contributed by atoms with Gasteiger partial charge in [-0.05, 0) is 45.7 Å².